The van der Waals surface area contributed by atoms with Gasteiger partial charge in [-0.2, -0.15) is 0 Å². The molecule has 0 aliphatic carbocycles. The van der Waals surface area contributed by atoms with Crippen LogP contribution in [0.15, 0.2) is 17.1 Å². The average molecular weight is 166 g/mol. The first-order chi connectivity index (χ1) is 5.65. The van der Waals surface area contributed by atoms with Crippen molar-refractivity contribution in [1.29, 1.82) is 5.41 Å². The first-order valence-electron chi connectivity index (χ1n) is 3.55. The Morgan fingerprint density at radius 1 is 1.75 bits per heavy atom. The van der Waals surface area contributed by atoms with Crippen LogP contribution in [-0.4, -0.2) is 24.6 Å². The number of ether oxygens (including phenoxy) is 1. The molecule has 0 spiro atoms. The molecule has 0 saturated heterocycles. The van der Waals surface area contributed by atoms with E-state index in [4.69, 9.17) is 5.41 Å². The summed E-state index contributed by atoms with van der Waals surface area (Å²) in [5.41, 5.74) is 0.606. The molecule has 1 unspecified atom stereocenters. The summed E-state index contributed by atoms with van der Waals surface area (Å²) >= 11 is 0. The molecule has 0 saturated carbocycles. The third kappa shape index (κ3) is 1.58. The minimum Gasteiger partial charge on any atom is -0.468 e. The minimum absolute atomic E-state index is 0.174. The molecular weight excluding hydrogens is 156 g/mol. The van der Waals surface area contributed by atoms with Crippen molar-refractivity contribution < 1.29 is 9.53 Å². The average Bonchev–Trinajstić information content (AvgIpc) is 2.03. The second-order valence-corrected chi connectivity index (χ2v) is 2.50. The van der Waals surface area contributed by atoms with Gasteiger partial charge in [-0.15, -0.1) is 0 Å². The minimum atomic E-state index is -0.413. The van der Waals surface area contributed by atoms with Gasteiger partial charge in [-0.25, -0.2) is 4.99 Å². The second kappa shape index (κ2) is 3.30. The normalized spacial score (nSPS) is 22.0. The predicted octanol–water partition coefficient (Wildman–Crippen LogP) is 0.784. The lowest BCUT2D eigenvalue weighted by molar-refractivity contribution is -0.141. The summed E-state index contributed by atoms with van der Waals surface area (Å²) in [5.74, 6) is -0.572. The van der Waals surface area contributed by atoms with E-state index in [0.717, 1.165) is 0 Å². The summed E-state index contributed by atoms with van der Waals surface area (Å²) in [6.07, 6.45) is 3.12. The number of hydrogen-bond acceptors (Lipinski definition) is 3. The fraction of sp³-hybridized carbons (Fsp3) is 0.375. The molecule has 64 valence electrons. The molecule has 1 aliphatic rings. The molecule has 1 aliphatic heterocycles. The molecule has 4 heteroatoms. The van der Waals surface area contributed by atoms with E-state index in [1.807, 2.05) is 0 Å². The van der Waals surface area contributed by atoms with Crippen LogP contribution in [0.3, 0.4) is 0 Å². The lowest BCUT2D eigenvalue weighted by Crippen LogP contribution is -2.24. The highest BCUT2D eigenvalue weighted by Crippen LogP contribution is 2.10. The lowest BCUT2D eigenvalue weighted by Gasteiger charge is -2.12. The molecule has 0 amide bonds. The number of amidine groups is 1. The van der Waals surface area contributed by atoms with Crippen LogP contribution < -0.4 is 0 Å². The molecule has 0 fully saturated rings. The Morgan fingerprint density at radius 2 is 2.42 bits per heavy atom. The maximum atomic E-state index is 11.1. The maximum Gasteiger partial charge on any atom is 0.318 e. The van der Waals surface area contributed by atoms with Gasteiger partial charge in [-0.05, 0) is 13.0 Å². The highest BCUT2D eigenvalue weighted by molar-refractivity contribution is 6.12. The van der Waals surface area contributed by atoms with Gasteiger partial charge in [-0.1, -0.05) is 6.08 Å². The second-order valence-electron chi connectivity index (χ2n) is 2.50. The van der Waals surface area contributed by atoms with E-state index >= 15 is 0 Å². The standard InChI is InChI=1S/C8H10N2O2/c1-5-6(8(11)12-2)3-4-7(9)10-5/h3-4,6,9H,1-2H3. The van der Waals surface area contributed by atoms with Gasteiger partial charge in [0.15, 0.2) is 0 Å². The molecule has 0 aromatic rings. The van der Waals surface area contributed by atoms with Crippen LogP contribution in [0.25, 0.3) is 0 Å². The first-order valence-corrected chi connectivity index (χ1v) is 3.55. The van der Waals surface area contributed by atoms with E-state index < -0.39 is 5.92 Å². The Balaban J connectivity index is 2.82. The van der Waals surface area contributed by atoms with Crippen molar-refractivity contribution >= 4 is 17.5 Å². The van der Waals surface area contributed by atoms with Crippen molar-refractivity contribution in [2.75, 3.05) is 7.11 Å². The van der Waals surface area contributed by atoms with Gasteiger partial charge in [0, 0.05) is 5.71 Å². The molecule has 0 radical (unpaired) electrons. The molecule has 1 N–H and O–H groups in total. The number of rotatable bonds is 1. The highest BCUT2D eigenvalue weighted by atomic mass is 16.5. The summed E-state index contributed by atoms with van der Waals surface area (Å²) in [6.45, 7) is 1.71. The number of carbonyl (C=O) groups excluding carboxylic acids is 1. The van der Waals surface area contributed by atoms with Gasteiger partial charge < -0.3 is 4.74 Å². The lowest BCUT2D eigenvalue weighted by atomic mass is 10.0. The van der Waals surface area contributed by atoms with Crippen LogP contribution >= 0.6 is 0 Å². The van der Waals surface area contributed by atoms with Gasteiger partial charge in [0.1, 0.15) is 11.8 Å². The van der Waals surface area contributed by atoms with E-state index in [0.29, 0.717) is 5.71 Å². The Hall–Kier alpha value is -1.45. The molecule has 0 bridgehead atoms. The van der Waals surface area contributed by atoms with Crippen LogP contribution in [0.1, 0.15) is 6.92 Å². The number of nitrogens with one attached hydrogen (secondary N) is 1. The zero-order valence-corrected chi connectivity index (χ0v) is 7.00. The maximum absolute atomic E-state index is 11.1. The smallest absolute Gasteiger partial charge is 0.318 e. The van der Waals surface area contributed by atoms with Crippen LogP contribution in [-0.2, 0) is 9.53 Å². The van der Waals surface area contributed by atoms with Crippen molar-refractivity contribution in [3.05, 3.63) is 12.2 Å². The Morgan fingerprint density at radius 3 is 2.92 bits per heavy atom. The number of dihydropyridines is 1. The van der Waals surface area contributed by atoms with Gasteiger partial charge in [0.25, 0.3) is 0 Å². The summed E-state index contributed by atoms with van der Waals surface area (Å²) in [6, 6.07) is 0. The SMILES string of the molecule is COC(=O)C1C=CC(=N)N=C1C. The molecule has 1 heterocycles. The Kier molecular flexibility index (Phi) is 2.38. The summed E-state index contributed by atoms with van der Waals surface area (Å²) in [7, 11) is 1.34. The zero-order chi connectivity index (χ0) is 9.14. The Bertz CT molecular complexity index is 279. The number of hydrogen-bond donors (Lipinski definition) is 1. The first kappa shape index (κ1) is 8.64. The van der Waals surface area contributed by atoms with Crippen molar-refractivity contribution in [2.24, 2.45) is 10.9 Å². The van der Waals surface area contributed by atoms with Crippen LogP contribution in [0.5, 0.6) is 0 Å². The molecule has 1 atom stereocenters. The van der Waals surface area contributed by atoms with E-state index in [9.17, 15) is 4.79 Å². The van der Waals surface area contributed by atoms with Crippen molar-refractivity contribution in [1.82, 2.24) is 0 Å². The van der Waals surface area contributed by atoms with Crippen LogP contribution in [0, 0.1) is 11.3 Å². The van der Waals surface area contributed by atoms with Gasteiger partial charge in [-0.3, -0.25) is 10.2 Å². The zero-order valence-electron chi connectivity index (χ0n) is 7.00. The highest BCUT2D eigenvalue weighted by Gasteiger charge is 2.21. The van der Waals surface area contributed by atoms with E-state index in [2.05, 4.69) is 9.73 Å². The molecular formula is C8H10N2O2. The molecule has 0 aromatic carbocycles. The van der Waals surface area contributed by atoms with Gasteiger partial charge in [0.2, 0.25) is 0 Å². The van der Waals surface area contributed by atoms with E-state index in [-0.39, 0.29) is 11.8 Å². The summed E-state index contributed by atoms with van der Waals surface area (Å²) < 4.78 is 4.55. The number of nitrogens with zero attached hydrogens (tertiary/aromatic N) is 1. The monoisotopic (exact) mass is 166 g/mol. The Labute approximate surface area is 70.5 Å². The van der Waals surface area contributed by atoms with Gasteiger partial charge >= 0.3 is 5.97 Å². The van der Waals surface area contributed by atoms with Crippen molar-refractivity contribution in [3.63, 3.8) is 0 Å². The topological polar surface area (TPSA) is 62.5 Å². The third-order valence-electron chi connectivity index (χ3n) is 1.65. The number of aliphatic imine (C=N–C) groups is 1. The molecule has 1 rings (SSSR count). The molecule has 0 aromatic heterocycles. The third-order valence-corrected chi connectivity index (χ3v) is 1.65. The quantitative estimate of drug-likeness (QED) is 0.585. The van der Waals surface area contributed by atoms with Crippen molar-refractivity contribution in [3.8, 4) is 0 Å². The molecule has 12 heavy (non-hydrogen) atoms. The van der Waals surface area contributed by atoms with Gasteiger partial charge in [0.05, 0.1) is 7.11 Å². The van der Waals surface area contributed by atoms with Crippen LogP contribution in [0.4, 0.5) is 0 Å². The van der Waals surface area contributed by atoms with E-state index in [1.54, 1.807) is 13.0 Å². The van der Waals surface area contributed by atoms with E-state index in [1.165, 1.54) is 13.2 Å². The number of methoxy groups -OCH3 is 1. The fourth-order valence-electron chi connectivity index (χ4n) is 1.000. The number of esters is 1. The fourth-order valence-corrected chi connectivity index (χ4v) is 1.000. The summed E-state index contributed by atoms with van der Waals surface area (Å²) in [5, 5.41) is 7.18. The summed E-state index contributed by atoms with van der Waals surface area (Å²) in [4.78, 5) is 14.9. The predicted molar refractivity (Wildman–Crippen MR) is 45.5 cm³/mol. The van der Waals surface area contributed by atoms with Crippen molar-refractivity contribution in [2.45, 2.75) is 6.92 Å². The largest absolute Gasteiger partial charge is 0.468 e. The molecule has 4 nitrogen and oxygen atoms in total. The number of carbonyl (C=O) groups is 1. The van der Waals surface area contributed by atoms with Crippen LogP contribution in [0.2, 0.25) is 0 Å².